The Hall–Kier alpha value is -2.62. The molecule has 1 N–H and O–H groups in total. The quantitative estimate of drug-likeness (QED) is 0.926. The second-order valence-corrected chi connectivity index (χ2v) is 7.28. The largest absolute Gasteiger partial charge is 0.351 e. The van der Waals surface area contributed by atoms with Gasteiger partial charge in [0.2, 0.25) is 11.8 Å². The van der Waals surface area contributed by atoms with Gasteiger partial charge in [0.05, 0.1) is 12.1 Å². The van der Waals surface area contributed by atoms with Gasteiger partial charge >= 0.3 is 0 Å². The first-order chi connectivity index (χ1) is 12.7. The summed E-state index contributed by atoms with van der Waals surface area (Å²) in [6.07, 6.45) is 2.68. The molecule has 2 amide bonds. The number of carbonyl (C=O) groups is 2. The molecule has 0 spiro atoms. The maximum absolute atomic E-state index is 13.0. The molecule has 0 saturated carbocycles. The number of hydrogen-bond acceptors (Lipinski definition) is 2. The van der Waals surface area contributed by atoms with E-state index >= 15 is 0 Å². The van der Waals surface area contributed by atoms with Gasteiger partial charge in [-0.2, -0.15) is 0 Å². The number of hydrogen-bond donors (Lipinski definition) is 1. The maximum Gasteiger partial charge on any atom is 0.223 e. The van der Waals surface area contributed by atoms with Crippen molar-refractivity contribution >= 4 is 11.8 Å². The van der Waals surface area contributed by atoms with Crippen LogP contribution in [0.25, 0.3) is 0 Å². The highest BCUT2D eigenvalue weighted by Crippen LogP contribution is 2.36. The summed E-state index contributed by atoms with van der Waals surface area (Å²) >= 11 is 0. The summed E-state index contributed by atoms with van der Waals surface area (Å²) in [5.41, 5.74) is 2.27. The van der Waals surface area contributed by atoms with Crippen LogP contribution in [-0.2, 0) is 16.1 Å². The summed E-state index contributed by atoms with van der Waals surface area (Å²) < 4.78 is 0. The van der Waals surface area contributed by atoms with Crippen molar-refractivity contribution in [3.8, 4) is 0 Å². The third-order valence-corrected chi connectivity index (χ3v) is 5.62. The monoisotopic (exact) mass is 348 g/mol. The van der Waals surface area contributed by atoms with Gasteiger partial charge in [0.25, 0.3) is 0 Å². The molecule has 4 nitrogen and oxygen atoms in total. The number of carbonyl (C=O) groups excluding carboxylic acids is 2. The lowest BCUT2D eigenvalue weighted by Gasteiger charge is -2.45. The van der Waals surface area contributed by atoms with Gasteiger partial charge in [0.1, 0.15) is 0 Å². The molecule has 2 aliphatic rings. The second-order valence-electron chi connectivity index (χ2n) is 7.28. The van der Waals surface area contributed by atoms with Crippen LogP contribution >= 0.6 is 0 Å². The van der Waals surface area contributed by atoms with Crippen LogP contribution in [-0.4, -0.2) is 28.8 Å². The third-order valence-electron chi connectivity index (χ3n) is 5.62. The molecule has 0 radical (unpaired) electrons. The Bertz CT molecular complexity index is 775. The number of nitrogens with zero attached hydrogens (tertiary/aromatic N) is 1. The van der Waals surface area contributed by atoms with Crippen molar-refractivity contribution in [3.63, 3.8) is 0 Å². The van der Waals surface area contributed by atoms with Gasteiger partial charge in [-0.15, -0.1) is 0 Å². The van der Waals surface area contributed by atoms with E-state index in [0.717, 1.165) is 24.0 Å². The number of likely N-dealkylation sites (tertiary alicyclic amines) is 1. The fraction of sp³-hybridized carbons (Fsp3) is 0.364. The van der Waals surface area contributed by atoms with Crippen molar-refractivity contribution in [1.29, 1.82) is 0 Å². The molecule has 2 aromatic rings. The first-order valence-electron chi connectivity index (χ1n) is 9.40. The van der Waals surface area contributed by atoms with E-state index in [1.807, 2.05) is 41.3 Å². The van der Waals surface area contributed by atoms with E-state index in [-0.39, 0.29) is 29.8 Å². The van der Waals surface area contributed by atoms with Crippen LogP contribution in [0.15, 0.2) is 60.7 Å². The predicted octanol–water partition coefficient (Wildman–Crippen LogP) is 3.24. The van der Waals surface area contributed by atoms with Crippen LogP contribution in [0.2, 0.25) is 0 Å². The average Bonchev–Trinajstić information content (AvgIpc) is 2.87. The topological polar surface area (TPSA) is 49.4 Å². The number of piperidine rings is 1. The molecule has 3 atom stereocenters. The third kappa shape index (κ3) is 3.36. The van der Waals surface area contributed by atoms with E-state index < -0.39 is 0 Å². The molecule has 26 heavy (non-hydrogen) atoms. The van der Waals surface area contributed by atoms with Crippen LogP contribution in [0, 0.1) is 0 Å². The van der Waals surface area contributed by atoms with Crippen molar-refractivity contribution in [3.05, 3.63) is 71.8 Å². The highest BCUT2D eigenvalue weighted by Gasteiger charge is 2.44. The van der Waals surface area contributed by atoms with Crippen molar-refractivity contribution in [1.82, 2.24) is 10.2 Å². The predicted molar refractivity (Wildman–Crippen MR) is 100 cm³/mol. The summed E-state index contributed by atoms with van der Waals surface area (Å²) in [4.78, 5) is 27.3. The zero-order valence-electron chi connectivity index (χ0n) is 14.8. The Balaban J connectivity index is 1.66. The zero-order valence-corrected chi connectivity index (χ0v) is 14.8. The van der Waals surface area contributed by atoms with Crippen LogP contribution < -0.4 is 5.32 Å². The Morgan fingerprint density at radius 3 is 2.38 bits per heavy atom. The minimum Gasteiger partial charge on any atom is -0.351 e. The Labute approximate surface area is 154 Å². The number of amides is 2. The van der Waals surface area contributed by atoms with E-state index in [4.69, 9.17) is 0 Å². The van der Waals surface area contributed by atoms with E-state index in [2.05, 4.69) is 29.6 Å². The van der Waals surface area contributed by atoms with Gasteiger partial charge in [0, 0.05) is 25.3 Å². The lowest BCUT2D eigenvalue weighted by Crippen LogP contribution is -2.59. The molecule has 4 heteroatoms. The van der Waals surface area contributed by atoms with Crippen LogP contribution in [0.1, 0.15) is 42.7 Å². The van der Waals surface area contributed by atoms with Gasteiger partial charge in [-0.3, -0.25) is 9.59 Å². The second kappa shape index (κ2) is 7.32. The van der Waals surface area contributed by atoms with Gasteiger partial charge in [-0.05, 0) is 24.0 Å². The molecule has 4 rings (SSSR count). The van der Waals surface area contributed by atoms with Crippen LogP contribution in [0.4, 0.5) is 0 Å². The fourth-order valence-electron chi connectivity index (χ4n) is 4.35. The molecule has 0 unspecified atom stereocenters. The fourth-order valence-corrected chi connectivity index (χ4v) is 4.35. The van der Waals surface area contributed by atoms with E-state index in [9.17, 15) is 9.59 Å². The molecular weight excluding hydrogens is 324 g/mol. The Morgan fingerprint density at radius 2 is 1.65 bits per heavy atom. The highest BCUT2D eigenvalue weighted by molar-refractivity contribution is 5.81. The van der Waals surface area contributed by atoms with Gasteiger partial charge in [0.15, 0.2) is 0 Å². The van der Waals surface area contributed by atoms with Crippen molar-refractivity contribution in [2.24, 2.45) is 0 Å². The molecule has 0 aliphatic carbocycles. The van der Waals surface area contributed by atoms with Crippen LogP contribution in [0.3, 0.4) is 0 Å². The van der Waals surface area contributed by atoms with Gasteiger partial charge in [-0.25, -0.2) is 0 Å². The summed E-state index contributed by atoms with van der Waals surface area (Å²) in [5, 5.41) is 3.23. The molecule has 2 fully saturated rings. The highest BCUT2D eigenvalue weighted by atomic mass is 16.2. The minimum absolute atomic E-state index is 0.0196. The van der Waals surface area contributed by atoms with Crippen LogP contribution in [0.5, 0.6) is 0 Å². The summed E-state index contributed by atoms with van der Waals surface area (Å²) in [5.74, 6) is 0.329. The molecule has 0 bridgehead atoms. The molecule has 2 saturated heterocycles. The van der Waals surface area contributed by atoms with Crippen molar-refractivity contribution in [2.75, 3.05) is 0 Å². The minimum atomic E-state index is -0.0196. The van der Waals surface area contributed by atoms with Gasteiger partial charge in [-0.1, -0.05) is 60.7 Å². The average molecular weight is 348 g/mol. The summed E-state index contributed by atoms with van der Waals surface area (Å²) in [6.45, 7) is 0.609. The molecule has 134 valence electrons. The van der Waals surface area contributed by atoms with E-state index in [0.29, 0.717) is 19.4 Å². The molecule has 0 aromatic heterocycles. The Kier molecular flexibility index (Phi) is 4.74. The molecule has 2 aliphatic heterocycles. The Morgan fingerprint density at radius 1 is 0.962 bits per heavy atom. The molecular formula is C22H24N2O2. The van der Waals surface area contributed by atoms with Gasteiger partial charge < -0.3 is 10.2 Å². The number of nitrogens with one attached hydrogen (secondary N) is 1. The first kappa shape index (κ1) is 16.8. The van der Waals surface area contributed by atoms with E-state index in [1.165, 1.54) is 0 Å². The summed E-state index contributed by atoms with van der Waals surface area (Å²) in [6, 6.07) is 20.3. The number of rotatable bonds is 3. The normalized spacial score (nSPS) is 26.0. The standard InChI is InChI=1S/C22H24N2O2/c25-20-13-7-12-19-22(23-20)18(17-10-5-2-6-11-17)14-21(26)24(19)15-16-8-3-1-4-9-16/h1-6,8-11,18-19,22H,7,12-15H2,(H,23,25)/t18-,19+,22+/m0/s1. The smallest absolute Gasteiger partial charge is 0.223 e. The lowest BCUT2D eigenvalue weighted by atomic mass is 9.79. The van der Waals surface area contributed by atoms with Crippen molar-refractivity contribution in [2.45, 2.75) is 50.2 Å². The van der Waals surface area contributed by atoms with E-state index in [1.54, 1.807) is 0 Å². The number of benzene rings is 2. The molecule has 2 aromatic carbocycles. The SMILES string of the molecule is O=C1CCC[C@@H]2[C@H](N1)[C@H](c1ccccc1)CC(=O)N2Cc1ccccc1. The lowest BCUT2D eigenvalue weighted by molar-refractivity contribution is -0.140. The maximum atomic E-state index is 13.0. The van der Waals surface area contributed by atoms with Crippen molar-refractivity contribution < 1.29 is 9.59 Å². The summed E-state index contributed by atoms with van der Waals surface area (Å²) in [7, 11) is 0. The first-order valence-corrected chi connectivity index (χ1v) is 9.40. The number of fused-ring (bicyclic) bond motifs is 1. The molecule has 2 heterocycles. The zero-order chi connectivity index (χ0) is 17.9.